The van der Waals surface area contributed by atoms with Gasteiger partial charge in [0.2, 0.25) is 0 Å². The van der Waals surface area contributed by atoms with Crippen molar-refractivity contribution in [1.29, 1.82) is 0 Å². The minimum atomic E-state index is 0.424. The van der Waals surface area contributed by atoms with Crippen LogP contribution >= 0.6 is 0 Å². The van der Waals surface area contributed by atoms with Crippen LogP contribution in [0.5, 0.6) is 0 Å². The molecule has 0 aliphatic heterocycles. The summed E-state index contributed by atoms with van der Waals surface area (Å²) in [5.74, 6) is 1.86. The molecule has 0 heterocycles. The van der Waals surface area contributed by atoms with Crippen molar-refractivity contribution in [2.45, 2.75) is 26.3 Å². The van der Waals surface area contributed by atoms with Gasteiger partial charge in [-0.2, -0.15) is 0 Å². The average Bonchev–Trinajstić information content (AvgIpc) is 2.63. The molecule has 0 spiro atoms. The molecule has 0 radical (unpaired) electrons. The number of nitrogens with two attached hydrogens (primary N) is 1. The molecule has 0 amide bonds. The van der Waals surface area contributed by atoms with Crippen LogP contribution in [0, 0.1) is 11.8 Å². The molecule has 3 atom stereocenters. The van der Waals surface area contributed by atoms with Crippen LogP contribution in [0.1, 0.15) is 20.3 Å². The van der Waals surface area contributed by atoms with Gasteiger partial charge >= 0.3 is 0 Å². The molecule has 2 heteroatoms. The van der Waals surface area contributed by atoms with Crippen LogP contribution in [0.4, 0.5) is 0 Å². The fraction of sp³-hybridized carbons (Fsp3) is 0.778. The fourth-order valence-electron chi connectivity index (χ4n) is 1.26. The molecule has 1 aliphatic carbocycles. The van der Waals surface area contributed by atoms with E-state index in [4.69, 9.17) is 5.73 Å². The first kappa shape index (κ1) is 8.60. The Morgan fingerprint density at radius 3 is 2.82 bits per heavy atom. The Bertz CT molecular complexity index is 142. The minimum Gasteiger partial charge on any atom is -0.405 e. The number of hydrogen-bond donors (Lipinski definition) is 2. The van der Waals surface area contributed by atoms with Gasteiger partial charge in [-0.25, -0.2) is 0 Å². The number of hydrogen-bond acceptors (Lipinski definition) is 2. The summed E-state index contributed by atoms with van der Waals surface area (Å²) in [6.07, 6.45) is 4.98. The summed E-state index contributed by atoms with van der Waals surface area (Å²) in [6, 6.07) is 0.424. The van der Waals surface area contributed by atoms with Crippen molar-refractivity contribution in [1.82, 2.24) is 5.32 Å². The van der Waals surface area contributed by atoms with Crippen LogP contribution in [-0.2, 0) is 0 Å². The number of rotatable bonds is 4. The second kappa shape index (κ2) is 3.77. The standard InChI is InChI=1S/C9H18N2/c1-7-5-9(7)6-11-8(2)3-4-10/h3-4,7-9,11H,5-6,10H2,1-2H3/b4-3+/t7?,8?,9-/m1/s1. The van der Waals surface area contributed by atoms with Crippen molar-refractivity contribution in [3.05, 3.63) is 12.3 Å². The Morgan fingerprint density at radius 1 is 1.73 bits per heavy atom. The molecular weight excluding hydrogens is 136 g/mol. The van der Waals surface area contributed by atoms with Gasteiger partial charge in [-0.1, -0.05) is 13.0 Å². The molecule has 1 rings (SSSR count). The van der Waals surface area contributed by atoms with Gasteiger partial charge in [0.15, 0.2) is 0 Å². The van der Waals surface area contributed by atoms with E-state index in [2.05, 4.69) is 19.2 Å². The van der Waals surface area contributed by atoms with Gasteiger partial charge in [-0.05, 0) is 37.9 Å². The van der Waals surface area contributed by atoms with Crippen molar-refractivity contribution in [2.24, 2.45) is 17.6 Å². The van der Waals surface area contributed by atoms with Crippen LogP contribution in [0.3, 0.4) is 0 Å². The highest BCUT2D eigenvalue weighted by molar-refractivity contribution is 4.90. The maximum Gasteiger partial charge on any atom is 0.0238 e. The van der Waals surface area contributed by atoms with E-state index in [0.29, 0.717) is 6.04 Å². The Kier molecular flexibility index (Phi) is 2.94. The third-order valence-corrected chi connectivity index (χ3v) is 2.38. The largest absolute Gasteiger partial charge is 0.405 e. The lowest BCUT2D eigenvalue weighted by atomic mass is 10.3. The van der Waals surface area contributed by atoms with Crippen LogP contribution in [0.15, 0.2) is 12.3 Å². The first-order valence-corrected chi connectivity index (χ1v) is 4.36. The summed E-state index contributed by atoms with van der Waals surface area (Å²) in [5, 5.41) is 3.41. The van der Waals surface area contributed by atoms with E-state index in [9.17, 15) is 0 Å². The van der Waals surface area contributed by atoms with Crippen molar-refractivity contribution in [3.63, 3.8) is 0 Å². The van der Waals surface area contributed by atoms with Crippen LogP contribution in [-0.4, -0.2) is 12.6 Å². The van der Waals surface area contributed by atoms with Gasteiger partial charge in [0.1, 0.15) is 0 Å². The molecule has 0 saturated heterocycles. The van der Waals surface area contributed by atoms with E-state index in [0.717, 1.165) is 18.4 Å². The lowest BCUT2D eigenvalue weighted by Crippen LogP contribution is -2.26. The van der Waals surface area contributed by atoms with E-state index in [1.54, 1.807) is 6.20 Å². The Labute approximate surface area is 68.9 Å². The molecular formula is C9H18N2. The molecule has 0 bridgehead atoms. The second-order valence-corrected chi connectivity index (χ2v) is 3.55. The highest BCUT2D eigenvalue weighted by Crippen LogP contribution is 2.36. The maximum atomic E-state index is 5.26. The van der Waals surface area contributed by atoms with Gasteiger partial charge in [-0.3, -0.25) is 0 Å². The highest BCUT2D eigenvalue weighted by Gasteiger charge is 2.31. The average molecular weight is 154 g/mol. The molecule has 2 unspecified atom stereocenters. The topological polar surface area (TPSA) is 38.0 Å². The second-order valence-electron chi connectivity index (χ2n) is 3.55. The summed E-state index contributed by atoms with van der Waals surface area (Å²) in [4.78, 5) is 0. The zero-order valence-corrected chi connectivity index (χ0v) is 7.38. The molecule has 1 fully saturated rings. The van der Waals surface area contributed by atoms with E-state index in [-0.39, 0.29) is 0 Å². The summed E-state index contributed by atoms with van der Waals surface area (Å²) in [7, 11) is 0. The summed E-state index contributed by atoms with van der Waals surface area (Å²) in [5.41, 5.74) is 5.26. The quantitative estimate of drug-likeness (QED) is 0.636. The minimum absolute atomic E-state index is 0.424. The molecule has 64 valence electrons. The zero-order valence-electron chi connectivity index (χ0n) is 7.38. The van der Waals surface area contributed by atoms with Crippen molar-refractivity contribution >= 4 is 0 Å². The molecule has 11 heavy (non-hydrogen) atoms. The Morgan fingerprint density at radius 2 is 2.36 bits per heavy atom. The lowest BCUT2D eigenvalue weighted by Gasteiger charge is -2.07. The van der Waals surface area contributed by atoms with E-state index >= 15 is 0 Å². The van der Waals surface area contributed by atoms with Gasteiger partial charge in [-0.15, -0.1) is 0 Å². The Balaban J connectivity index is 2.02. The lowest BCUT2D eigenvalue weighted by molar-refractivity contribution is 0.576. The predicted molar refractivity (Wildman–Crippen MR) is 48.1 cm³/mol. The van der Waals surface area contributed by atoms with Gasteiger partial charge < -0.3 is 11.1 Å². The van der Waals surface area contributed by atoms with E-state index < -0.39 is 0 Å². The van der Waals surface area contributed by atoms with Crippen LogP contribution in [0.25, 0.3) is 0 Å². The van der Waals surface area contributed by atoms with Crippen molar-refractivity contribution in [3.8, 4) is 0 Å². The van der Waals surface area contributed by atoms with Crippen LogP contribution < -0.4 is 11.1 Å². The molecule has 2 nitrogen and oxygen atoms in total. The number of nitrogens with one attached hydrogen (secondary N) is 1. The van der Waals surface area contributed by atoms with Crippen LogP contribution in [0.2, 0.25) is 0 Å². The maximum absolute atomic E-state index is 5.26. The highest BCUT2D eigenvalue weighted by atomic mass is 14.9. The normalized spacial score (nSPS) is 32.5. The summed E-state index contributed by atoms with van der Waals surface area (Å²) >= 11 is 0. The van der Waals surface area contributed by atoms with Crippen molar-refractivity contribution in [2.75, 3.05) is 6.54 Å². The molecule has 0 aromatic carbocycles. The SMILES string of the molecule is CC(/C=C/N)NC[C@H]1CC1C. The predicted octanol–water partition coefficient (Wildman–Crippen LogP) is 1.09. The first-order valence-electron chi connectivity index (χ1n) is 4.36. The van der Waals surface area contributed by atoms with E-state index in [1.807, 2.05) is 6.08 Å². The van der Waals surface area contributed by atoms with Crippen molar-refractivity contribution < 1.29 is 0 Å². The Hall–Kier alpha value is -0.500. The van der Waals surface area contributed by atoms with Gasteiger partial charge in [0.05, 0.1) is 0 Å². The molecule has 0 aromatic rings. The first-order chi connectivity index (χ1) is 5.24. The fourth-order valence-corrected chi connectivity index (χ4v) is 1.26. The summed E-state index contributed by atoms with van der Waals surface area (Å²) in [6.45, 7) is 5.57. The van der Waals surface area contributed by atoms with Gasteiger partial charge in [0.25, 0.3) is 0 Å². The zero-order chi connectivity index (χ0) is 8.27. The van der Waals surface area contributed by atoms with E-state index in [1.165, 1.54) is 6.42 Å². The third kappa shape index (κ3) is 2.93. The molecule has 0 aromatic heterocycles. The molecule has 1 aliphatic rings. The molecule has 3 N–H and O–H groups in total. The van der Waals surface area contributed by atoms with Gasteiger partial charge in [0, 0.05) is 6.04 Å². The summed E-state index contributed by atoms with van der Waals surface area (Å²) < 4.78 is 0. The molecule has 1 saturated carbocycles. The monoisotopic (exact) mass is 154 g/mol. The smallest absolute Gasteiger partial charge is 0.0238 e. The third-order valence-electron chi connectivity index (χ3n) is 2.38.